The zero-order valence-electron chi connectivity index (χ0n) is 9.26. The van der Waals surface area contributed by atoms with Crippen molar-refractivity contribution in [3.05, 3.63) is 29.8 Å². The van der Waals surface area contributed by atoms with Gasteiger partial charge in [-0.2, -0.15) is 5.06 Å². The van der Waals surface area contributed by atoms with Gasteiger partial charge in [0.2, 0.25) is 0 Å². The van der Waals surface area contributed by atoms with Gasteiger partial charge in [-0.15, -0.1) is 0 Å². The van der Waals surface area contributed by atoms with E-state index in [9.17, 15) is 9.59 Å². The summed E-state index contributed by atoms with van der Waals surface area (Å²) >= 11 is 0. The molecule has 1 aliphatic heterocycles. The second-order valence-corrected chi connectivity index (χ2v) is 3.83. The number of aryl methyl sites for hydroxylation is 1. The highest BCUT2D eigenvalue weighted by atomic mass is 16.7. The lowest BCUT2D eigenvalue weighted by Crippen LogP contribution is -2.22. The summed E-state index contributed by atoms with van der Waals surface area (Å²) in [5.74, 6) is -0.865. The van der Waals surface area contributed by atoms with Crippen LogP contribution in [-0.2, 0) is 20.8 Å². The Morgan fingerprint density at radius 1 is 1.35 bits per heavy atom. The lowest BCUT2D eigenvalue weighted by Gasteiger charge is -2.14. The minimum absolute atomic E-state index is 0.0525. The number of amides is 1. The molecule has 1 heterocycles. The minimum Gasteiger partial charge on any atom is -0.481 e. The standard InChI is InChI=1S/C12H13NO4/c14-11-7-8-17-13(11)10-4-1-9(2-5-10)3-6-12(15)16/h1-2,4-5H,3,6-8H2,(H,15,16). The number of benzene rings is 1. The van der Waals surface area contributed by atoms with Gasteiger partial charge < -0.3 is 5.11 Å². The summed E-state index contributed by atoms with van der Waals surface area (Å²) < 4.78 is 0. The molecule has 1 saturated heterocycles. The molecule has 0 saturated carbocycles. The van der Waals surface area contributed by atoms with Crippen molar-refractivity contribution in [3.63, 3.8) is 0 Å². The second-order valence-electron chi connectivity index (χ2n) is 3.83. The first-order chi connectivity index (χ1) is 8.16. The highest BCUT2D eigenvalue weighted by Gasteiger charge is 2.22. The Balaban J connectivity index is 2.02. The van der Waals surface area contributed by atoms with Crippen LogP contribution in [0, 0.1) is 0 Å². The fourth-order valence-corrected chi connectivity index (χ4v) is 1.67. The SMILES string of the molecule is O=C(O)CCc1ccc(N2OCCC2=O)cc1. The van der Waals surface area contributed by atoms with Gasteiger partial charge in [0.25, 0.3) is 5.91 Å². The molecule has 0 spiro atoms. The van der Waals surface area contributed by atoms with Crippen LogP contribution in [0.5, 0.6) is 0 Å². The number of carboxylic acids is 1. The van der Waals surface area contributed by atoms with E-state index >= 15 is 0 Å². The largest absolute Gasteiger partial charge is 0.481 e. The number of carbonyl (C=O) groups excluding carboxylic acids is 1. The number of carbonyl (C=O) groups is 2. The highest BCUT2D eigenvalue weighted by Crippen LogP contribution is 2.20. The summed E-state index contributed by atoms with van der Waals surface area (Å²) in [6.07, 6.45) is 1.00. The topological polar surface area (TPSA) is 66.8 Å². The summed E-state index contributed by atoms with van der Waals surface area (Å²) in [5.41, 5.74) is 1.62. The molecule has 5 heteroatoms. The van der Waals surface area contributed by atoms with Crippen LogP contribution in [0.1, 0.15) is 18.4 Å². The molecule has 1 N–H and O–H groups in total. The van der Waals surface area contributed by atoms with Gasteiger partial charge in [-0.05, 0) is 24.1 Å². The lowest BCUT2D eigenvalue weighted by atomic mass is 10.1. The third-order valence-electron chi connectivity index (χ3n) is 2.56. The predicted octanol–water partition coefficient (Wildman–Crippen LogP) is 1.37. The third-order valence-corrected chi connectivity index (χ3v) is 2.56. The number of carboxylic acid groups (broad SMARTS) is 1. The van der Waals surface area contributed by atoms with E-state index in [-0.39, 0.29) is 12.3 Å². The van der Waals surface area contributed by atoms with Crippen molar-refractivity contribution in [1.29, 1.82) is 0 Å². The number of hydroxylamine groups is 1. The van der Waals surface area contributed by atoms with Gasteiger partial charge in [0, 0.05) is 6.42 Å². The van der Waals surface area contributed by atoms with Gasteiger partial charge in [-0.25, -0.2) is 0 Å². The number of hydrogen-bond donors (Lipinski definition) is 1. The molecule has 0 atom stereocenters. The van der Waals surface area contributed by atoms with Crippen LogP contribution >= 0.6 is 0 Å². The molecule has 1 fully saturated rings. The van der Waals surface area contributed by atoms with Crippen LogP contribution < -0.4 is 5.06 Å². The van der Waals surface area contributed by atoms with E-state index in [1.54, 1.807) is 12.1 Å². The summed E-state index contributed by atoms with van der Waals surface area (Å²) in [6, 6.07) is 7.15. The van der Waals surface area contributed by atoms with Crippen molar-refractivity contribution in [3.8, 4) is 0 Å². The first-order valence-corrected chi connectivity index (χ1v) is 5.43. The fourth-order valence-electron chi connectivity index (χ4n) is 1.67. The molecule has 0 unspecified atom stereocenters. The fraction of sp³-hybridized carbons (Fsp3) is 0.333. The molecule has 17 heavy (non-hydrogen) atoms. The molecule has 1 aliphatic rings. The van der Waals surface area contributed by atoms with Gasteiger partial charge in [-0.1, -0.05) is 12.1 Å². The van der Waals surface area contributed by atoms with Crippen LogP contribution in [0.25, 0.3) is 0 Å². The van der Waals surface area contributed by atoms with Gasteiger partial charge in [-0.3, -0.25) is 14.4 Å². The lowest BCUT2D eigenvalue weighted by molar-refractivity contribution is -0.137. The minimum atomic E-state index is -0.813. The summed E-state index contributed by atoms with van der Waals surface area (Å²) in [7, 11) is 0. The first-order valence-electron chi connectivity index (χ1n) is 5.43. The molecule has 2 rings (SSSR count). The Hall–Kier alpha value is -1.88. The monoisotopic (exact) mass is 235 g/mol. The summed E-state index contributed by atoms with van der Waals surface area (Å²) in [4.78, 5) is 27.0. The third kappa shape index (κ3) is 2.82. The molecule has 1 aromatic carbocycles. The highest BCUT2D eigenvalue weighted by molar-refractivity contribution is 5.92. The van der Waals surface area contributed by atoms with Crippen molar-refractivity contribution in [2.75, 3.05) is 11.7 Å². The molecule has 0 aromatic heterocycles. The Bertz CT molecular complexity index is 427. The molecule has 1 amide bonds. The van der Waals surface area contributed by atoms with Gasteiger partial charge in [0.05, 0.1) is 18.7 Å². The Labute approximate surface area is 98.6 Å². The van der Waals surface area contributed by atoms with Crippen LogP contribution in [0.3, 0.4) is 0 Å². The van der Waals surface area contributed by atoms with Gasteiger partial charge >= 0.3 is 5.97 Å². The Kier molecular flexibility index (Phi) is 3.39. The van der Waals surface area contributed by atoms with E-state index in [1.807, 2.05) is 12.1 Å². The Morgan fingerprint density at radius 2 is 2.06 bits per heavy atom. The summed E-state index contributed by atoms with van der Waals surface area (Å²) in [6.45, 7) is 0.416. The predicted molar refractivity (Wildman–Crippen MR) is 60.5 cm³/mol. The van der Waals surface area contributed by atoms with Crippen LogP contribution in [0.4, 0.5) is 5.69 Å². The average Bonchev–Trinajstić information content (AvgIpc) is 2.73. The molecule has 0 bridgehead atoms. The molecular formula is C12H13NO4. The van der Waals surface area contributed by atoms with Crippen molar-refractivity contribution in [2.24, 2.45) is 0 Å². The van der Waals surface area contributed by atoms with Crippen LogP contribution in [0.2, 0.25) is 0 Å². The van der Waals surface area contributed by atoms with Gasteiger partial charge in [0.1, 0.15) is 0 Å². The smallest absolute Gasteiger partial charge is 0.303 e. The average molecular weight is 235 g/mol. The maximum Gasteiger partial charge on any atom is 0.303 e. The molecule has 5 nitrogen and oxygen atoms in total. The Morgan fingerprint density at radius 3 is 2.59 bits per heavy atom. The van der Waals surface area contributed by atoms with Crippen molar-refractivity contribution in [2.45, 2.75) is 19.3 Å². The number of aliphatic carboxylic acids is 1. The van der Waals surface area contributed by atoms with Crippen LogP contribution in [0.15, 0.2) is 24.3 Å². The molecule has 0 radical (unpaired) electrons. The first kappa shape index (κ1) is 11.6. The van der Waals surface area contributed by atoms with E-state index in [2.05, 4.69) is 0 Å². The maximum absolute atomic E-state index is 11.4. The maximum atomic E-state index is 11.4. The van der Waals surface area contributed by atoms with E-state index in [4.69, 9.17) is 9.94 Å². The molecule has 0 aliphatic carbocycles. The zero-order valence-corrected chi connectivity index (χ0v) is 9.26. The molecule has 90 valence electrons. The van der Waals surface area contributed by atoms with E-state index < -0.39 is 5.97 Å². The van der Waals surface area contributed by atoms with E-state index in [0.29, 0.717) is 25.1 Å². The van der Waals surface area contributed by atoms with Crippen molar-refractivity contribution in [1.82, 2.24) is 0 Å². The zero-order chi connectivity index (χ0) is 12.3. The number of nitrogens with zero attached hydrogens (tertiary/aromatic N) is 1. The number of anilines is 1. The van der Waals surface area contributed by atoms with Gasteiger partial charge in [0.15, 0.2) is 0 Å². The van der Waals surface area contributed by atoms with Crippen LogP contribution in [-0.4, -0.2) is 23.6 Å². The molecule has 1 aromatic rings. The summed E-state index contributed by atoms with van der Waals surface area (Å²) in [5, 5.41) is 9.84. The van der Waals surface area contributed by atoms with E-state index in [0.717, 1.165) is 5.56 Å². The quantitative estimate of drug-likeness (QED) is 0.855. The van der Waals surface area contributed by atoms with Crippen molar-refractivity contribution >= 4 is 17.6 Å². The van der Waals surface area contributed by atoms with E-state index in [1.165, 1.54) is 5.06 Å². The normalized spacial score (nSPS) is 15.3. The van der Waals surface area contributed by atoms with Crippen molar-refractivity contribution < 1.29 is 19.5 Å². The number of rotatable bonds is 4. The second kappa shape index (κ2) is 4.97. The molecular weight excluding hydrogens is 222 g/mol. The number of hydrogen-bond acceptors (Lipinski definition) is 3.